The summed E-state index contributed by atoms with van der Waals surface area (Å²) in [7, 11) is 0. The summed E-state index contributed by atoms with van der Waals surface area (Å²) in [6.07, 6.45) is 2.65. The summed E-state index contributed by atoms with van der Waals surface area (Å²) in [5.74, 6) is -0.202. The highest BCUT2D eigenvalue weighted by Crippen LogP contribution is 2.22. The number of rotatable bonds is 7. The normalized spacial score (nSPS) is 14.1. The summed E-state index contributed by atoms with van der Waals surface area (Å²) >= 11 is 0. The van der Waals surface area contributed by atoms with Gasteiger partial charge in [0.2, 0.25) is 5.91 Å². The van der Waals surface area contributed by atoms with Crippen LogP contribution >= 0.6 is 0 Å². The molecule has 0 aromatic heterocycles. The van der Waals surface area contributed by atoms with Gasteiger partial charge in [-0.05, 0) is 30.0 Å². The highest BCUT2D eigenvalue weighted by molar-refractivity contribution is 5.81. The third-order valence-electron chi connectivity index (χ3n) is 3.40. The van der Waals surface area contributed by atoms with Gasteiger partial charge in [-0.25, -0.2) is 4.39 Å². The fourth-order valence-corrected chi connectivity index (χ4v) is 2.12. The number of amides is 1. The van der Waals surface area contributed by atoms with Crippen molar-refractivity contribution in [1.29, 1.82) is 0 Å². The Morgan fingerprint density at radius 2 is 1.90 bits per heavy atom. The van der Waals surface area contributed by atoms with Crippen molar-refractivity contribution in [3.8, 4) is 0 Å². The molecule has 0 aliphatic heterocycles. The minimum Gasteiger partial charge on any atom is -0.348 e. The molecule has 112 valence electrons. The molecule has 1 aromatic carbocycles. The Balaban J connectivity index is 2.72. The molecular weight excluding hydrogens is 255 g/mol. The number of hydrogen-bond donors (Lipinski definition) is 2. The van der Waals surface area contributed by atoms with Crippen molar-refractivity contribution in [2.24, 2.45) is 11.7 Å². The second kappa shape index (κ2) is 8.00. The van der Waals surface area contributed by atoms with Crippen LogP contribution in [-0.4, -0.2) is 11.9 Å². The van der Waals surface area contributed by atoms with E-state index in [4.69, 9.17) is 5.73 Å². The molecular formula is C16H25FN2O. The summed E-state index contributed by atoms with van der Waals surface area (Å²) in [6, 6.07) is 5.62. The molecule has 1 rings (SSSR count). The predicted octanol–water partition coefficient (Wildman–Crippen LogP) is 3.16. The van der Waals surface area contributed by atoms with Gasteiger partial charge in [-0.1, -0.05) is 45.7 Å². The summed E-state index contributed by atoms with van der Waals surface area (Å²) in [5.41, 5.74) is 6.78. The lowest BCUT2D eigenvalue weighted by Gasteiger charge is -2.24. The van der Waals surface area contributed by atoms with Crippen LogP contribution in [0.3, 0.4) is 0 Å². The quantitative estimate of drug-likeness (QED) is 0.806. The van der Waals surface area contributed by atoms with Crippen LogP contribution in [0.1, 0.15) is 51.6 Å². The van der Waals surface area contributed by atoms with Crippen LogP contribution in [0, 0.1) is 11.7 Å². The van der Waals surface area contributed by atoms with E-state index in [0.29, 0.717) is 6.42 Å². The van der Waals surface area contributed by atoms with E-state index in [1.54, 1.807) is 12.1 Å². The third kappa shape index (κ3) is 4.93. The Morgan fingerprint density at radius 3 is 2.40 bits per heavy atom. The van der Waals surface area contributed by atoms with Gasteiger partial charge in [-0.15, -0.1) is 0 Å². The average molecular weight is 280 g/mol. The zero-order valence-electron chi connectivity index (χ0n) is 12.5. The van der Waals surface area contributed by atoms with Crippen LogP contribution in [-0.2, 0) is 4.79 Å². The van der Waals surface area contributed by atoms with Crippen molar-refractivity contribution in [3.05, 3.63) is 35.6 Å². The van der Waals surface area contributed by atoms with Crippen LogP contribution in [0.15, 0.2) is 24.3 Å². The Labute approximate surface area is 120 Å². The number of benzene rings is 1. The minimum absolute atomic E-state index is 0.138. The molecule has 3 N–H and O–H groups in total. The van der Waals surface area contributed by atoms with Crippen LogP contribution < -0.4 is 11.1 Å². The van der Waals surface area contributed by atoms with Gasteiger partial charge in [0.25, 0.3) is 0 Å². The number of hydrogen-bond acceptors (Lipinski definition) is 2. The predicted molar refractivity (Wildman–Crippen MR) is 79.6 cm³/mol. The second-order valence-corrected chi connectivity index (χ2v) is 5.53. The first-order chi connectivity index (χ1) is 9.45. The lowest BCUT2D eigenvalue weighted by molar-refractivity contribution is -0.123. The standard InChI is InChI=1S/C16H25FN2O/c1-4-5-6-14(18)16(20)19-15(11(2)3)12-7-9-13(17)10-8-12/h7-11,14-15H,4-6,18H2,1-3H3,(H,19,20)/t14-,15?/m0/s1. The van der Waals surface area contributed by atoms with Gasteiger partial charge in [0.05, 0.1) is 12.1 Å². The zero-order chi connectivity index (χ0) is 15.1. The first-order valence-corrected chi connectivity index (χ1v) is 7.27. The molecule has 0 aliphatic rings. The lowest BCUT2D eigenvalue weighted by atomic mass is 9.95. The molecule has 1 unspecified atom stereocenters. The maximum atomic E-state index is 13.0. The summed E-state index contributed by atoms with van der Waals surface area (Å²) in [6.45, 7) is 6.11. The summed E-state index contributed by atoms with van der Waals surface area (Å²) < 4.78 is 13.0. The summed E-state index contributed by atoms with van der Waals surface area (Å²) in [4.78, 5) is 12.1. The number of nitrogens with two attached hydrogens (primary N) is 1. The molecule has 3 nitrogen and oxygen atoms in total. The Hall–Kier alpha value is -1.42. The van der Waals surface area contributed by atoms with E-state index in [2.05, 4.69) is 12.2 Å². The lowest BCUT2D eigenvalue weighted by Crippen LogP contribution is -2.43. The Morgan fingerprint density at radius 1 is 1.30 bits per heavy atom. The number of carbonyl (C=O) groups is 1. The second-order valence-electron chi connectivity index (χ2n) is 5.53. The molecule has 0 heterocycles. The molecule has 1 aromatic rings. The van der Waals surface area contributed by atoms with Crippen LogP contribution in [0.4, 0.5) is 4.39 Å². The first-order valence-electron chi connectivity index (χ1n) is 7.27. The average Bonchev–Trinajstić information content (AvgIpc) is 2.42. The number of unbranched alkanes of at least 4 members (excludes halogenated alkanes) is 1. The fourth-order valence-electron chi connectivity index (χ4n) is 2.12. The van der Waals surface area contributed by atoms with E-state index in [-0.39, 0.29) is 23.7 Å². The van der Waals surface area contributed by atoms with Crippen molar-refractivity contribution in [3.63, 3.8) is 0 Å². The smallest absolute Gasteiger partial charge is 0.237 e. The molecule has 0 saturated heterocycles. The van der Waals surface area contributed by atoms with E-state index >= 15 is 0 Å². The van der Waals surface area contributed by atoms with Gasteiger partial charge in [-0.3, -0.25) is 4.79 Å². The molecule has 1 amide bonds. The van der Waals surface area contributed by atoms with Crippen molar-refractivity contribution in [2.45, 2.75) is 52.1 Å². The third-order valence-corrected chi connectivity index (χ3v) is 3.40. The van der Waals surface area contributed by atoms with E-state index in [9.17, 15) is 9.18 Å². The molecule has 0 aliphatic carbocycles. The molecule has 20 heavy (non-hydrogen) atoms. The van der Waals surface area contributed by atoms with E-state index in [1.165, 1.54) is 12.1 Å². The van der Waals surface area contributed by atoms with Gasteiger partial charge >= 0.3 is 0 Å². The Bertz CT molecular complexity index is 417. The van der Waals surface area contributed by atoms with Gasteiger partial charge in [0.1, 0.15) is 5.82 Å². The van der Waals surface area contributed by atoms with Gasteiger partial charge in [0.15, 0.2) is 0 Å². The van der Waals surface area contributed by atoms with Crippen molar-refractivity contribution in [2.75, 3.05) is 0 Å². The van der Waals surface area contributed by atoms with Gasteiger partial charge < -0.3 is 11.1 Å². The SMILES string of the molecule is CCCC[C@H](N)C(=O)NC(c1ccc(F)cc1)C(C)C. The number of nitrogens with one attached hydrogen (secondary N) is 1. The molecule has 0 fully saturated rings. The molecule has 2 atom stereocenters. The van der Waals surface area contributed by atoms with E-state index < -0.39 is 6.04 Å². The van der Waals surface area contributed by atoms with Gasteiger partial charge in [0, 0.05) is 0 Å². The summed E-state index contributed by atoms with van der Waals surface area (Å²) in [5, 5.41) is 2.97. The molecule has 0 saturated carbocycles. The van der Waals surface area contributed by atoms with Crippen LogP contribution in [0.5, 0.6) is 0 Å². The van der Waals surface area contributed by atoms with Gasteiger partial charge in [-0.2, -0.15) is 0 Å². The highest BCUT2D eigenvalue weighted by Gasteiger charge is 2.21. The monoisotopic (exact) mass is 280 g/mol. The Kier molecular flexibility index (Phi) is 6.65. The molecule has 0 spiro atoms. The zero-order valence-corrected chi connectivity index (χ0v) is 12.5. The van der Waals surface area contributed by atoms with Crippen molar-refractivity contribution >= 4 is 5.91 Å². The molecule has 0 radical (unpaired) electrons. The van der Waals surface area contributed by atoms with E-state index in [0.717, 1.165) is 18.4 Å². The fraction of sp³-hybridized carbons (Fsp3) is 0.562. The topological polar surface area (TPSA) is 55.1 Å². The van der Waals surface area contributed by atoms with Crippen molar-refractivity contribution in [1.82, 2.24) is 5.32 Å². The van der Waals surface area contributed by atoms with Crippen molar-refractivity contribution < 1.29 is 9.18 Å². The number of carbonyl (C=O) groups excluding carboxylic acids is 1. The number of halogens is 1. The maximum Gasteiger partial charge on any atom is 0.237 e. The van der Waals surface area contributed by atoms with Crippen LogP contribution in [0.25, 0.3) is 0 Å². The minimum atomic E-state index is -0.475. The molecule has 0 bridgehead atoms. The van der Waals surface area contributed by atoms with Crippen LogP contribution in [0.2, 0.25) is 0 Å². The largest absolute Gasteiger partial charge is 0.348 e. The first kappa shape index (κ1) is 16.6. The molecule has 4 heteroatoms. The highest BCUT2D eigenvalue weighted by atomic mass is 19.1. The maximum absolute atomic E-state index is 13.0. The van der Waals surface area contributed by atoms with E-state index in [1.807, 2.05) is 13.8 Å².